The number of sulfone groups is 1. The molecule has 2 fully saturated rings. The SMILES string of the molecule is O=C(CS(=O)(=O)C1CC1)c1cc(Cl)c(COC2CCCCC2)cc1F. The molecule has 4 nitrogen and oxygen atoms in total. The first kappa shape index (κ1) is 18.8. The number of Topliss-reactive ketones (excluding diaryl/α,β-unsaturated/α-hetero) is 1. The van der Waals surface area contributed by atoms with Crippen LogP contribution in [-0.2, 0) is 21.2 Å². The summed E-state index contributed by atoms with van der Waals surface area (Å²) in [5.74, 6) is -2.16. The van der Waals surface area contributed by atoms with Crippen molar-refractivity contribution in [3.05, 3.63) is 34.1 Å². The van der Waals surface area contributed by atoms with E-state index in [1.165, 1.54) is 18.6 Å². The largest absolute Gasteiger partial charge is 0.373 e. The zero-order valence-corrected chi connectivity index (χ0v) is 15.5. The molecule has 7 heteroatoms. The summed E-state index contributed by atoms with van der Waals surface area (Å²) in [6, 6.07) is 2.41. The number of ether oxygens (including phenoxy) is 1. The topological polar surface area (TPSA) is 60.4 Å². The highest BCUT2D eigenvalue weighted by molar-refractivity contribution is 7.93. The summed E-state index contributed by atoms with van der Waals surface area (Å²) >= 11 is 6.16. The van der Waals surface area contributed by atoms with Gasteiger partial charge >= 0.3 is 0 Å². The predicted octanol–water partition coefficient (Wildman–Crippen LogP) is 4.09. The molecule has 2 saturated carbocycles. The van der Waals surface area contributed by atoms with Gasteiger partial charge in [-0.3, -0.25) is 4.79 Å². The van der Waals surface area contributed by atoms with Crippen LogP contribution in [0, 0.1) is 5.82 Å². The molecule has 138 valence electrons. The van der Waals surface area contributed by atoms with Gasteiger partial charge in [-0.15, -0.1) is 0 Å². The van der Waals surface area contributed by atoms with Crippen molar-refractivity contribution in [2.75, 3.05) is 5.75 Å². The maximum absolute atomic E-state index is 14.3. The van der Waals surface area contributed by atoms with E-state index in [0.717, 1.165) is 25.7 Å². The highest BCUT2D eigenvalue weighted by atomic mass is 35.5. The molecular formula is C18H22ClFO4S. The van der Waals surface area contributed by atoms with Crippen molar-refractivity contribution >= 4 is 27.2 Å². The number of hydrogen-bond acceptors (Lipinski definition) is 4. The summed E-state index contributed by atoms with van der Waals surface area (Å²) in [6.07, 6.45) is 6.80. The van der Waals surface area contributed by atoms with Crippen molar-refractivity contribution in [3.8, 4) is 0 Å². The van der Waals surface area contributed by atoms with Gasteiger partial charge in [-0.25, -0.2) is 12.8 Å². The first-order chi connectivity index (χ1) is 11.9. The van der Waals surface area contributed by atoms with E-state index >= 15 is 0 Å². The van der Waals surface area contributed by atoms with E-state index in [2.05, 4.69) is 0 Å². The van der Waals surface area contributed by atoms with Gasteiger partial charge in [0, 0.05) is 5.02 Å². The van der Waals surface area contributed by atoms with E-state index in [-0.39, 0.29) is 23.3 Å². The van der Waals surface area contributed by atoms with Crippen LogP contribution in [0.5, 0.6) is 0 Å². The minimum atomic E-state index is -3.48. The quantitative estimate of drug-likeness (QED) is 0.660. The van der Waals surface area contributed by atoms with Gasteiger partial charge in [0.1, 0.15) is 11.6 Å². The number of benzene rings is 1. The Morgan fingerprint density at radius 1 is 1.16 bits per heavy atom. The zero-order chi connectivity index (χ0) is 18.0. The number of rotatable bonds is 7. The fourth-order valence-electron chi connectivity index (χ4n) is 3.16. The van der Waals surface area contributed by atoms with Crippen molar-refractivity contribution in [2.24, 2.45) is 0 Å². The summed E-state index contributed by atoms with van der Waals surface area (Å²) < 4.78 is 43.9. The standard InChI is InChI=1S/C18H22ClFO4S/c19-16-9-15(18(21)11-25(22,23)14-6-7-14)17(20)8-12(16)10-24-13-4-2-1-3-5-13/h8-9,13-14H,1-7,10-11H2. The van der Waals surface area contributed by atoms with Gasteiger partial charge in [-0.2, -0.15) is 0 Å². The third-order valence-corrected chi connectivity index (χ3v) is 7.33. The molecule has 0 amide bonds. The van der Waals surface area contributed by atoms with Crippen LogP contribution in [0.4, 0.5) is 4.39 Å². The molecule has 0 heterocycles. The molecule has 25 heavy (non-hydrogen) atoms. The van der Waals surface area contributed by atoms with E-state index in [9.17, 15) is 17.6 Å². The van der Waals surface area contributed by atoms with Gasteiger partial charge in [0.05, 0.1) is 23.5 Å². The lowest BCUT2D eigenvalue weighted by atomic mass is 9.98. The van der Waals surface area contributed by atoms with Crippen LogP contribution in [0.1, 0.15) is 60.9 Å². The first-order valence-corrected chi connectivity index (χ1v) is 10.8. The number of hydrogen-bond donors (Lipinski definition) is 0. The van der Waals surface area contributed by atoms with Gasteiger partial charge in [0.2, 0.25) is 0 Å². The van der Waals surface area contributed by atoms with Gasteiger partial charge < -0.3 is 4.74 Å². The molecular weight excluding hydrogens is 367 g/mol. The fraction of sp³-hybridized carbons (Fsp3) is 0.611. The molecule has 2 aliphatic carbocycles. The van der Waals surface area contributed by atoms with E-state index in [4.69, 9.17) is 16.3 Å². The van der Waals surface area contributed by atoms with Crippen LogP contribution >= 0.6 is 11.6 Å². The molecule has 0 atom stereocenters. The second kappa shape index (κ2) is 7.72. The van der Waals surface area contributed by atoms with E-state index < -0.39 is 32.4 Å². The van der Waals surface area contributed by atoms with Crippen LogP contribution in [0.15, 0.2) is 12.1 Å². The molecule has 1 aromatic rings. The number of ketones is 1. The normalized spacial score (nSPS) is 19.1. The molecule has 0 N–H and O–H groups in total. The number of halogens is 2. The zero-order valence-electron chi connectivity index (χ0n) is 14.0. The van der Waals surface area contributed by atoms with Crippen LogP contribution in [0.25, 0.3) is 0 Å². The van der Waals surface area contributed by atoms with E-state index in [0.29, 0.717) is 18.4 Å². The van der Waals surface area contributed by atoms with Crippen LogP contribution in [-0.4, -0.2) is 31.3 Å². The molecule has 0 bridgehead atoms. The number of carbonyl (C=O) groups is 1. The summed E-state index contributed by atoms with van der Waals surface area (Å²) in [6.45, 7) is 0.190. The Hall–Kier alpha value is -0.980. The monoisotopic (exact) mass is 388 g/mol. The molecule has 2 aliphatic rings. The van der Waals surface area contributed by atoms with Crippen molar-refractivity contribution < 1.29 is 22.3 Å². The second-order valence-electron chi connectivity index (χ2n) is 6.92. The van der Waals surface area contributed by atoms with E-state index in [1.54, 1.807) is 0 Å². The van der Waals surface area contributed by atoms with Gasteiger partial charge in [0.25, 0.3) is 0 Å². The average molecular weight is 389 g/mol. The Balaban J connectivity index is 1.67. The Morgan fingerprint density at radius 2 is 1.84 bits per heavy atom. The molecule has 0 saturated heterocycles. The molecule has 1 aromatic carbocycles. The molecule has 0 aromatic heterocycles. The minimum Gasteiger partial charge on any atom is -0.373 e. The Morgan fingerprint density at radius 3 is 2.48 bits per heavy atom. The highest BCUT2D eigenvalue weighted by Crippen LogP contribution is 2.30. The maximum Gasteiger partial charge on any atom is 0.180 e. The van der Waals surface area contributed by atoms with Crippen molar-refractivity contribution in [1.82, 2.24) is 0 Å². The predicted molar refractivity (Wildman–Crippen MR) is 94.2 cm³/mol. The Labute approximate surface area is 152 Å². The van der Waals surface area contributed by atoms with Crippen LogP contribution in [0.2, 0.25) is 5.02 Å². The second-order valence-corrected chi connectivity index (χ2v) is 9.61. The Kier molecular flexibility index (Phi) is 5.81. The average Bonchev–Trinajstić information content (AvgIpc) is 3.41. The van der Waals surface area contributed by atoms with Gasteiger partial charge in [0.15, 0.2) is 15.6 Å². The molecule has 3 rings (SSSR count). The van der Waals surface area contributed by atoms with Crippen LogP contribution in [0.3, 0.4) is 0 Å². The highest BCUT2D eigenvalue weighted by Gasteiger charge is 2.37. The third kappa shape index (κ3) is 4.80. The first-order valence-electron chi connectivity index (χ1n) is 8.71. The van der Waals surface area contributed by atoms with Gasteiger partial charge in [-0.1, -0.05) is 30.9 Å². The molecule has 0 unspecified atom stereocenters. The maximum atomic E-state index is 14.3. The molecule has 0 aliphatic heterocycles. The lowest BCUT2D eigenvalue weighted by Crippen LogP contribution is -2.21. The summed E-state index contributed by atoms with van der Waals surface area (Å²) in [5, 5.41) is -0.220. The lowest BCUT2D eigenvalue weighted by molar-refractivity contribution is 0.0168. The summed E-state index contributed by atoms with van der Waals surface area (Å²) in [5.41, 5.74) is 0.210. The van der Waals surface area contributed by atoms with Crippen molar-refractivity contribution in [3.63, 3.8) is 0 Å². The summed E-state index contributed by atoms with van der Waals surface area (Å²) in [4.78, 5) is 12.2. The lowest BCUT2D eigenvalue weighted by Gasteiger charge is -2.22. The van der Waals surface area contributed by atoms with Gasteiger partial charge in [-0.05, 0) is 43.4 Å². The third-order valence-electron chi connectivity index (χ3n) is 4.83. The van der Waals surface area contributed by atoms with Crippen molar-refractivity contribution in [1.29, 1.82) is 0 Å². The molecule has 0 radical (unpaired) electrons. The van der Waals surface area contributed by atoms with Crippen molar-refractivity contribution in [2.45, 2.75) is 62.9 Å². The fourth-order valence-corrected chi connectivity index (χ4v) is 4.99. The number of carbonyl (C=O) groups excluding carboxylic acids is 1. The summed E-state index contributed by atoms with van der Waals surface area (Å²) in [7, 11) is -3.48. The minimum absolute atomic E-state index is 0.165. The Bertz CT molecular complexity index is 753. The van der Waals surface area contributed by atoms with Crippen LogP contribution < -0.4 is 0 Å². The smallest absolute Gasteiger partial charge is 0.180 e. The van der Waals surface area contributed by atoms with E-state index in [1.807, 2.05) is 0 Å². The molecule has 0 spiro atoms.